The molecule has 0 saturated carbocycles. The number of hydrogen-bond acceptors (Lipinski definition) is 4. The van der Waals surface area contributed by atoms with Crippen molar-refractivity contribution in [3.05, 3.63) is 66.2 Å². The molecule has 2 rings (SSSR count). The van der Waals surface area contributed by atoms with Crippen molar-refractivity contribution in [3.63, 3.8) is 0 Å². The van der Waals surface area contributed by atoms with E-state index in [4.69, 9.17) is 9.47 Å². The number of allylic oxidation sites excluding steroid dienone is 1. The summed E-state index contributed by atoms with van der Waals surface area (Å²) >= 11 is 0. The second kappa shape index (κ2) is 11.0. The van der Waals surface area contributed by atoms with Gasteiger partial charge in [0.2, 0.25) is 0 Å². The standard InChI is InChI=1S/C23H30N2O3/c1-5-7-19-11-14-21(22(16-19)27-4)28-17-23(26)24-15-6-8-18-9-12-20(13-10-18)25(2)3/h5,9-14,16H,1,6-8,15,17H2,2-4H3,(H,24,26). The van der Waals surface area contributed by atoms with Crippen LogP contribution in [-0.4, -0.2) is 40.3 Å². The predicted octanol–water partition coefficient (Wildman–Crippen LogP) is 3.62. The maximum Gasteiger partial charge on any atom is 0.257 e. The highest BCUT2D eigenvalue weighted by Crippen LogP contribution is 2.28. The van der Waals surface area contributed by atoms with Gasteiger partial charge in [0, 0.05) is 26.3 Å². The van der Waals surface area contributed by atoms with E-state index in [9.17, 15) is 4.79 Å². The fourth-order valence-corrected chi connectivity index (χ4v) is 2.80. The molecule has 2 aromatic rings. The van der Waals surface area contributed by atoms with E-state index < -0.39 is 0 Å². The first-order chi connectivity index (χ1) is 13.5. The Balaban J connectivity index is 1.72. The molecule has 0 bridgehead atoms. The van der Waals surface area contributed by atoms with Crippen LogP contribution >= 0.6 is 0 Å². The average molecular weight is 383 g/mol. The third-order valence-electron chi connectivity index (χ3n) is 4.38. The van der Waals surface area contributed by atoms with Crippen molar-refractivity contribution >= 4 is 11.6 Å². The highest BCUT2D eigenvalue weighted by atomic mass is 16.5. The van der Waals surface area contributed by atoms with Gasteiger partial charge in [-0.25, -0.2) is 0 Å². The zero-order chi connectivity index (χ0) is 20.4. The van der Waals surface area contributed by atoms with E-state index in [2.05, 4.69) is 41.1 Å². The van der Waals surface area contributed by atoms with Crippen molar-refractivity contribution in [2.45, 2.75) is 19.3 Å². The van der Waals surface area contributed by atoms with Gasteiger partial charge in [-0.1, -0.05) is 24.3 Å². The third-order valence-corrected chi connectivity index (χ3v) is 4.38. The molecule has 0 aliphatic heterocycles. The summed E-state index contributed by atoms with van der Waals surface area (Å²) in [6, 6.07) is 14.1. The van der Waals surface area contributed by atoms with E-state index in [1.165, 1.54) is 11.3 Å². The van der Waals surface area contributed by atoms with Crippen molar-refractivity contribution < 1.29 is 14.3 Å². The number of nitrogens with zero attached hydrogens (tertiary/aromatic N) is 1. The van der Waals surface area contributed by atoms with Gasteiger partial charge in [0.25, 0.3) is 5.91 Å². The van der Waals surface area contributed by atoms with Crippen LogP contribution in [0.2, 0.25) is 0 Å². The van der Waals surface area contributed by atoms with Gasteiger partial charge >= 0.3 is 0 Å². The van der Waals surface area contributed by atoms with Crippen LogP contribution in [-0.2, 0) is 17.6 Å². The molecule has 28 heavy (non-hydrogen) atoms. The fourth-order valence-electron chi connectivity index (χ4n) is 2.80. The Labute approximate surface area is 168 Å². The van der Waals surface area contributed by atoms with Crippen molar-refractivity contribution in [1.29, 1.82) is 0 Å². The zero-order valence-electron chi connectivity index (χ0n) is 17.0. The number of amides is 1. The SMILES string of the molecule is C=CCc1ccc(OCC(=O)NCCCc2ccc(N(C)C)cc2)c(OC)c1. The second-order valence-electron chi connectivity index (χ2n) is 6.78. The summed E-state index contributed by atoms with van der Waals surface area (Å²) in [6.45, 7) is 4.32. The average Bonchev–Trinajstić information content (AvgIpc) is 2.70. The largest absolute Gasteiger partial charge is 0.493 e. The summed E-state index contributed by atoms with van der Waals surface area (Å²) in [6.07, 6.45) is 4.40. The summed E-state index contributed by atoms with van der Waals surface area (Å²) < 4.78 is 10.9. The van der Waals surface area contributed by atoms with Gasteiger partial charge in [-0.3, -0.25) is 4.79 Å². The molecule has 0 spiro atoms. The molecule has 0 aliphatic rings. The normalized spacial score (nSPS) is 10.2. The first-order valence-corrected chi connectivity index (χ1v) is 9.47. The number of carbonyl (C=O) groups excluding carboxylic acids is 1. The van der Waals surface area contributed by atoms with Crippen molar-refractivity contribution in [2.75, 3.05) is 39.3 Å². The number of benzene rings is 2. The van der Waals surface area contributed by atoms with Crippen molar-refractivity contribution in [2.24, 2.45) is 0 Å². The molecule has 2 aromatic carbocycles. The lowest BCUT2D eigenvalue weighted by Crippen LogP contribution is -2.30. The summed E-state index contributed by atoms with van der Waals surface area (Å²) in [4.78, 5) is 14.1. The lowest BCUT2D eigenvalue weighted by molar-refractivity contribution is -0.123. The number of methoxy groups -OCH3 is 1. The maximum atomic E-state index is 12.0. The second-order valence-corrected chi connectivity index (χ2v) is 6.78. The van der Waals surface area contributed by atoms with Crippen LogP contribution in [0.3, 0.4) is 0 Å². The molecule has 5 heteroatoms. The van der Waals surface area contributed by atoms with E-state index in [0.29, 0.717) is 18.0 Å². The quantitative estimate of drug-likeness (QED) is 0.476. The molecule has 0 radical (unpaired) electrons. The predicted molar refractivity (Wildman–Crippen MR) is 114 cm³/mol. The lowest BCUT2D eigenvalue weighted by atomic mass is 10.1. The van der Waals surface area contributed by atoms with Gasteiger partial charge in [0.1, 0.15) is 0 Å². The Morgan fingerprint density at radius 1 is 1.11 bits per heavy atom. The smallest absolute Gasteiger partial charge is 0.257 e. The number of rotatable bonds is 11. The van der Waals surface area contributed by atoms with Crippen LogP contribution in [0.15, 0.2) is 55.1 Å². The highest BCUT2D eigenvalue weighted by Gasteiger charge is 2.08. The number of anilines is 1. The topological polar surface area (TPSA) is 50.8 Å². The molecule has 5 nitrogen and oxygen atoms in total. The monoisotopic (exact) mass is 382 g/mol. The van der Waals surface area contributed by atoms with Crippen LogP contribution in [0.25, 0.3) is 0 Å². The minimum atomic E-state index is -0.139. The number of hydrogen-bond donors (Lipinski definition) is 1. The van der Waals surface area contributed by atoms with Gasteiger partial charge in [0.05, 0.1) is 7.11 Å². The Morgan fingerprint density at radius 3 is 2.46 bits per heavy atom. The summed E-state index contributed by atoms with van der Waals surface area (Å²) in [7, 11) is 5.64. The molecule has 0 aliphatic carbocycles. The van der Waals surface area contributed by atoms with Crippen LogP contribution in [0.4, 0.5) is 5.69 Å². The number of ether oxygens (including phenoxy) is 2. The summed E-state index contributed by atoms with van der Waals surface area (Å²) in [5.74, 6) is 1.04. The number of carbonyl (C=O) groups is 1. The molecule has 0 saturated heterocycles. The van der Waals surface area contributed by atoms with E-state index >= 15 is 0 Å². The highest BCUT2D eigenvalue weighted by molar-refractivity contribution is 5.77. The van der Waals surface area contributed by atoms with Gasteiger partial charge in [-0.15, -0.1) is 6.58 Å². The molecular formula is C23H30N2O3. The molecule has 0 fully saturated rings. The first kappa shape index (κ1) is 21.4. The molecule has 150 valence electrons. The van der Waals surface area contributed by atoms with Crippen LogP contribution in [0, 0.1) is 0 Å². The Bertz CT molecular complexity index is 770. The summed E-state index contributed by atoms with van der Waals surface area (Å²) in [5, 5.41) is 2.90. The number of nitrogens with one attached hydrogen (secondary N) is 1. The van der Waals surface area contributed by atoms with E-state index in [1.54, 1.807) is 7.11 Å². The van der Waals surface area contributed by atoms with E-state index in [1.807, 2.05) is 38.4 Å². The first-order valence-electron chi connectivity index (χ1n) is 9.47. The number of aryl methyl sites for hydroxylation is 1. The van der Waals surface area contributed by atoms with E-state index in [0.717, 1.165) is 24.8 Å². The molecule has 1 amide bonds. The van der Waals surface area contributed by atoms with Crippen LogP contribution < -0.4 is 19.7 Å². The molecular weight excluding hydrogens is 352 g/mol. The van der Waals surface area contributed by atoms with Gasteiger partial charge in [-0.2, -0.15) is 0 Å². The van der Waals surface area contributed by atoms with Crippen LogP contribution in [0.1, 0.15) is 17.5 Å². The Hall–Kier alpha value is -2.95. The summed E-state index contributed by atoms with van der Waals surface area (Å²) in [5.41, 5.74) is 3.53. The van der Waals surface area contributed by atoms with Gasteiger partial charge < -0.3 is 19.7 Å². The lowest BCUT2D eigenvalue weighted by Gasteiger charge is -2.13. The molecule has 0 atom stereocenters. The maximum absolute atomic E-state index is 12.0. The molecule has 0 aromatic heterocycles. The minimum absolute atomic E-state index is 0.0330. The Morgan fingerprint density at radius 2 is 1.82 bits per heavy atom. The Kier molecular flexibility index (Phi) is 8.40. The van der Waals surface area contributed by atoms with Crippen molar-refractivity contribution in [1.82, 2.24) is 5.32 Å². The molecule has 0 unspecified atom stereocenters. The van der Waals surface area contributed by atoms with Gasteiger partial charge in [0.15, 0.2) is 18.1 Å². The van der Waals surface area contributed by atoms with Crippen LogP contribution in [0.5, 0.6) is 11.5 Å². The molecule has 0 heterocycles. The fraction of sp³-hybridized carbons (Fsp3) is 0.348. The minimum Gasteiger partial charge on any atom is -0.493 e. The van der Waals surface area contributed by atoms with Gasteiger partial charge in [-0.05, 0) is 54.7 Å². The van der Waals surface area contributed by atoms with E-state index in [-0.39, 0.29) is 12.5 Å². The zero-order valence-corrected chi connectivity index (χ0v) is 17.0. The third kappa shape index (κ3) is 6.65. The molecule has 1 N–H and O–H groups in total. The van der Waals surface area contributed by atoms with Crippen molar-refractivity contribution in [3.8, 4) is 11.5 Å².